The standard InChI is InChI=1S/C19H22Cl2N2O3S/c1-14(8-9-15-6-4-3-5-7-15)22-19(24)13-23(27(2,25)26)18-11-10-16(20)12-17(18)21/h3-7,10-12,14H,8-9,13H2,1-2H3,(H,22,24)/t14-/m1/s1. The third-order valence-electron chi connectivity index (χ3n) is 3.98. The number of rotatable bonds is 8. The molecule has 0 saturated carbocycles. The number of hydrogen-bond acceptors (Lipinski definition) is 3. The van der Waals surface area contributed by atoms with Crippen LogP contribution in [0.25, 0.3) is 0 Å². The highest BCUT2D eigenvalue weighted by atomic mass is 35.5. The summed E-state index contributed by atoms with van der Waals surface area (Å²) in [5.41, 5.74) is 1.40. The highest BCUT2D eigenvalue weighted by Crippen LogP contribution is 2.30. The van der Waals surface area contributed by atoms with E-state index in [1.807, 2.05) is 37.3 Å². The molecule has 8 heteroatoms. The molecule has 0 unspecified atom stereocenters. The molecular formula is C19H22Cl2N2O3S. The minimum atomic E-state index is -3.69. The Labute approximate surface area is 170 Å². The number of aryl methyl sites for hydroxylation is 1. The van der Waals surface area contributed by atoms with Gasteiger partial charge in [0, 0.05) is 11.1 Å². The van der Waals surface area contributed by atoms with Gasteiger partial charge in [0.2, 0.25) is 15.9 Å². The largest absolute Gasteiger partial charge is 0.352 e. The number of nitrogens with one attached hydrogen (secondary N) is 1. The van der Waals surface area contributed by atoms with Crippen LogP contribution in [0.5, 0.6) is 0 Å². The zero-order chi connectivity index (χ0) is 20.0. The molecular weight excluding hydrogens is 407 g/mol. The van der Waals surface area contributed by atoms with E-state index in [9.17, 15) is 13.2 Å². The lowest BCUT2D eigenvalue weighted by atomic mass is 10.1. The molecule has 0 heterocycles. The Hall–Kier alpha value is -1.76. The number of anilines is 1. The second kappa shape index (κ2) is 9.44. The maximum atomic E-state index is 12.4. The number of hydrogen-bond donors (Lipinski definition) is 1. The molecule has 1 atom stereocenters. The van der Waals surface area contributed by atoms with Gasteiger partial charge in [-0.2, -0.15) is 0 Å². The van der Waals surface area contributed by atoms with Crippen LogP contribution in [-0.2, 0) is 21.2 Å². The SMILES string of the molecule is C[C@H](CCc1ccccc1)NC(=O)CN(c1ccc(Cl)cc1Cl)S(C)(=O)=O. The smallest absolute Gasteiger partial charge is 0.240 e. The summed E-state index contributed by atoms with van der Waals surface area (Å²) in [6, 6.07) is 14.3. The molecule has 0 radical (unpaired) electrons. The Morgan fingerprint density at radius 2 is 1.81 bits per heavy atom. The van der Waals surface area contributed by atoms with Crippen molar-refractivity contribution in [3.8, 4) is 0 Å². The molecule has 0 bridgehead atoms. The van der Waals surface area contributed by atoms with Crippen molar-refractivity contribution in [2.45, 2.75) is 25.8 Å². The van der Waals surface area contributed by atoms with Gasteiger partial charge in [-0.1, -0.05) is 53.5 Å². The number of nitrogens with zero attached hydrogens (tertiary/aromatic N) is 1. The molecule has 1 amide bonds. The highest BCUT2D eigenvalue weighted by Gasteiger charge is 2.23. The Morgan fingerprint density at radius 1 is 1.15 bits per heavy atom. The number of benzene rings is 2. The predicted octanol–water partition coefficient (Wildman–Crippen LogP) is 3.90. The topological polar surface area (TPSA) is 66.5 Å². The van der Waals surface area contributed by atoms with E-state index < -0.39 is 15.9 Å². The Balaban J connectivity index is 2.01. The average molecular weight is 429 g/mol. The molecule has 0 saturated heterocycles. The van der Waals surface area contributed by atoms with Gasteiger partial charge in [0.15, 0.2) is 0 Å². The zero-order valence-electron chi connectivity index (χ0n) is 15.2. The van der Waals surface area contributed by atoms with Crippen LogP contribution in [0.4, 0.5) is 5.69 Å². The van der Waals surface area contributed by atoms with E-state index in [4.69, 9.17) is 23.2 Å². The fraction of sp³-hybridized carbons (Fsp3) is 0.316. The highest BCUT2D eigenvalue weighted by molar-refractivity contribution is 7.92. The first-order valence-electron chi connectivity index (χ1n) is 8.43. The average Bonchev–Trinajstić information content (AvgIpc) is 2.58. The van der Waals surface area contributed by atoms with Crippen LogP contribution >= 0.6 is 23.2 Å². The molecule has 27 heavy (non-hydrogen) atoms. The number of amides is 1. The predicted molar refractivity (Wildman–Crippen MR) is 111 cm³/mol. The van der Waals surface area contributed by atoms with Gasteiger partial charge in [-0.05, 0) is 43.5 Å². The molecule has 0 aliphatic carbocycles. The van der Waals surface area contributed by atoms with E-state index >= 15 is 0 Å². The molecule has 2 aromatic rings. The van der Waals surface area contributed by atoms with Crippen LogP contribution in [0, 0.1) is 0 Å². The van der Waals surface area contributed by atoms with Crippen LogP contribution in [0.2, 0.25) is 10.0 Å². The normalized spacial score (nSPS) is 12.4. The molecule has 0 spiro atoms. The van der Waals surface area contributed by atoms with Crippen molar-refractivity contribution in [2.24, 2.45) is 0 Å². The molecule has 146 valence electrons. The summed E-state index contributed by atoms with van der Waals surface area (Å²) in [5.74, 6) is -0.396. The zero-order valence-corrected chi connectivity index (χ0v) is 17.5. The fourth-order valence-electron chi connectivity index (χ4n) is 2.62. The minimum Gasteiger partial charge on any atom is -0.352 e. The lowest BCUT2D eigenvalue weighted by molar-refractivity contribution is -0.120. The summed E-state index contributed by atoms with van der Waals surface area (Å²) in [4.78, 5) is 12.4. The van der Waals surface area contributed by atoms with E-state index in [0.717, 1.165) is 23.4 Å². The maximum Gasteiger partial charge on any atom is 0.240 e. The first kappa shape index (κ1) is 21.5. The summed E-state index contributed by atoms with van der Waals surface area (Å²) in [5, 5.41) is 3.39. The fourth-order valence-corrected chi connectivity index (χ4v) is 4.04. The van der Waals surface area contributed by atoms with Crippen LogP contribution in [0.1, 0.15) is 18.9 Å². The molecule has 0 aliphatic rings. The maximum absolute atomic E-state index is 12.4. The quantitative estimate of drug-likeness (QED) is 0.692. The van der Waals surface area contributed by atoms with Crippen LogP contribution < -0.4 is 9.62 Å². The van der Waals surface area contributed by atoms with Crippen molar-refractivity contribution in [1.82, 2.24) is 5.32 Å². The molecule has 5 nitrogen and oxygen atoms in total. The molecule has 2 aromatic carbocycles. The van der Waals surface area contributed by atoms with Crippen molar-refractivity contribution in [3.63, 3.8) is 0 Å². The van der Waals surface area contributed by atoms with Crippen LogP contribution in [-0.4, -0.2) is 33.2 Å². The Morgan fingerprint density at radius 3 is 2.41 bits per heavy atom. The van der Waals surface area contributed by atoms with Crippen molar-refractivity contribution >= 4 is 44.8 Å². The van der Waals surface area contributed by atoms with E-state index in [1.165, 1.54) is 23.8 Å². The number of carbonyl (C=O) groups excluding carboxylic acids is 1. The Kier molecular flexibility index (Phi) is 7.53. The van der Waals surface area contributed by atoms with Gasteiger partial charge in [0.25, 0.3) is 0 Å². The summed E-state index contributed by atoms with van der Waals surface area (Å²) in [7, 11) is -3.69. The molecule has 0 fully saturated rings. The van der Waals surface area contributed by atoms with Gasteiger partial charge in [-0.25, -0.2) is 8.42 Å². The third-order valence-corrected chi connectivity index (χ3v) is 5.65. The molecule has 1 N–H and O–H groups in total. The number of halogens is 2. The van der Waals surface area contributed by atoms with Crippen molar-refractivity contribution in [1.29, 1.82) is 0 Å². The van der Waals surface area contributed by atoms with Gasteiger partial charge < -0.3 is 5.32 Å². The van der Waals surface area contributed by atoms with Crippen molar-refractivity contribution < 1.29 is 13.2 Å². The van der Waals surface area contributed by atoms with Gasteiger partial charge in [-0.3, -0.25) is 9.10 Å². The molecule has 0 aliphatic heterocycles. The summed E-state index contributed by atoms with van der Waals surface area (Å²) >= 11 is 12.0. The van der Waals surface area contributed by atoms with E-state index in [2.05, 4.69) is 5.32 Å². The lowest BCUT2D eigenvalue weighted by Crippen LogP contribution is -2.43. The van der Waals surface area contributed by atoms with Crippen molar-refractivity contribution in [2.75, 3.05) is 17.1 Å². The van der Waals surface area contributed by atoms with E-state index in [0.29, 0.717) is 5.02 Å². The van der Waals surface area contributed by atoms with Gasteiger partial charge >= 0.3 is 0 Å². The monoisotopic (exact) mass is 428 g/mol. The molecule has 0 aromatic heterocycles. The van der Waals surface area contributed by atoms with E-state index in [1.54, 1.807) is 0 Å². The van der Waals surface area contributed by atoms with Gasteiger partial charge in [0.05, 0.1) is 17.0 Å². The van der Waals surface area contributed by atoms with Crippen LogP contribution in [0.15, 0.2) is 48.5 Å². The van der Waals surface area contributed by atoms with Crippen LogP contribution in [0.3, 0.4) is 0 Å². The molecule has 2 rings (SSSR count). The summed E-state index contributed by atoms with van der Waals surface area (Å²) in [6.45, 7) is 1.54. The first-order chi connectivity index (χ1) is 12.7. The van der Waals surface area contributed by atoms with E-state index in [-0.39, 0.29) is 23.3 Å². The number of carbonyl (C=O) groups is 1. The summed E-state index contributed by atoms with van der Waals surface area (Å²) in [6.07, 6.45) is 2.60. The minimum absolute atomic E-state index is 0.0974. The Bertz CT molecular complexity index is 889. The third kappa shape index (κ3) is 6.72. The summed E-state index contributed by atoms with van der Waals surface area (Å²) < 4.78 is 25.3. The van der Waals surface area contributed by atoms with Crippen molar-refractivity contribution in [3.05, 3.63) is 64.1 Å². The first-order valence-corrected chi connectivity index (χ1v) is 11.0. The van der Waals surface area contributed by atoms with Gasteiger partial charge in [0.1, 0.15) is 6.54 Å². The second-order valence-corrected chi connectivity index (χ2v) is 9.11. The lowest BCUT2D eigenvalue weighted by Gasteiger charge is -2.24. The number of sulfonamides is 1. The second-order valence-electron chi connectivity index (χ2n) is 6.36. The van der Waals surface area contributed by atoms with Gasteiger partial charge in [-0.15, -0.1) is 0 Å².